The van der Waals surface area contributed by atoms with E-state index >= 15 is 0 Å². The Balaban J connectivity index is 2.48. The van der Waals surface area contributed by atoms with Gasteiger partial charge in [-0.05, 0) is 6.42 Å². The molecule has 4 atom stereocenters. The van der Waals surface area contributed by atoms with Crippen LogP contribution in [0.25, 0.3) is 0 Å². The van der Waals surface area contributed by atoms with Crippen molar-refractivity contribution in [2.45, 2.75) is 71.6 Å². The zero-order valence-electron chi connectivity index (χ0n) is 17.2. The Kier molecular flexibility index (Phi) is 7.86. The summed E-state index contributed by atoms with van der Waals surface area (Å²) >= 11 is 0. The lowest BCUT2D eigenvalue weighted by molar-refractivity contribution is -0.166. The maximum Gasteiger partial charge on any atom is 0.350 e. The first-order valence-electron chi connectivity index (χ1n) is 9.47. The number of carbonyl (C=O) groups excluding carboxylic acids is 3. The van der Waals surface area contributed by atoms with E-state index in [9.17, 15) is 24.0 Å². The van der Waals surface area contributed by atoms with E-state index in [-0.39, 0.29) is 13.2 Å². The molecule has 0 saturated carbocycles. The minimum absolute atomic E-state index is 0.173. The van der Waals surface area contributed by atoms with Crippen LogP contribution in [0.15, 0.2) is 15.8 Å². The molecule has 1 aromatic heterocycles. The molecule has 0 radical (unpaired) electrons. The van der Waals surface area contributed by atoms with Crippen molar-refractivity contribution in [1.82, 2.24) is 14.3 Å². The van der Waals surface area contributed by atoms with Crippen LogP contribution in [0.5, 0.6) is 0 Å². The van der Waals surface area contributed by atoms with Crippen molar-refractivity contribution in [3.63, 3.8) is 0 Å². The Labute approximate surface area is 171 Å². The van der Waals surface area contributed by atoms with E-state index in [2.05, 4.69) is 5.10 Å². The van der Waals surface area contributed by atoms with Crippen LogP contribution >= 0.6 is 0 Å². The van der Waals surface area contributed by atoms with E-state index < -0.39 is 53.7 Å². The minimum Gasteiger partial charge on any atom is -0.463 e. The molecule has 0 N–H and O–H groups in total. The van der Waals surface area contributed by atoms with Gasteiger partial charge in [0.25, 0.3) is 5.56 Å². The third kappa shape index (κ3) is 5.53. The Bertz CT molecular complexity index is 907. The van der Waals surface area contributed by atoms with Gasteiger partial charge in [-0.1, -0.05) is 13.3 Å². The fraction of sp³-hybridized carbons (Fsp3) is 0.667. The van der Waals surface area contributed by atoms with E-state index in [1.54, 1.807) is 0 Å². The van der Waals surface area contributed by atoms with Crippen LogP contribution in [-0.4, -0.2) is 57.2 Å². The summed E-state index contributed by atoms with van der Waals surface area (Å²) in [4.78, 5) is 59.4. The van der Waals surface area contributed by atoms with Crippen LogP contribution in [0.4, 0.5) is 0 Å². The number of nitrogens with zero attached hydrogens (tertiary/aromatic N) is 3. The second-order valence-electron chi connectivity index (χ2n) is 6.73. The summed E-state index contributed by atoms with van der Waals surface area (Å²) < 4.78 is 23.1. The highest BCUT2D eigenvalue weighted by Gasteiger charge is 2.51. The molecule has 0 amide bonds. The first-order valence-corrected chi connectivity index (χ1v) is 9.47. The lowest BCUT2D eigenvalue weighted by Gasteiger charge is -2.23. The number of carbonyl (C=O) groups is 3. The van der Waals surface area contributed by atoms with Gasteiger partial charge in [0, 0.05) is 27.3 Å². The van der Waals surface area contributed by atoms with Gasteiger partial charge in [0.15, 0.2) is 18.4 Å². The van der Waals surface area contributed by atoms with E-state index in [1.807, 2.05) is 6.92 Å². The molecule has 166 valence electrons. The van der Waals surface area contributed by atoms with Crippen molar-refractivity contribution in [2.75, 3.05) is 6.61 Å². The summed E-state index contributed by atoms with van der Waals surface area (Å²) in [6.45, 7) is 5.24. The zero-order valence-corrected chi connectivity index (χ0v) is 17.2. The van der Waals surface area contributed by atoms with E-state index in [0.717, 1.165) is 35.7 Å². The number of rotatable bonds is 8. The number of hydrogen-bond donors (Lipinski definition) is 0. The van der Waals surface area contributed by atoms with Crippen LogP contribution in [-0.2, 0) is 39.9 Å². The topological polar surface area (TPSA) is 145 Å². The Morgan fingerprint density at radius 3 is 2.27 bits per heavy atom. The normalized spacial score (nSPS) is 23.1. The third-order valence-corrected chi connectivity index (χ3v) is 4.30. The smallest absolute Gasteiger partial charge is 0.350 e. The van der Waals surface area contributed by atoms with Crippen LogP contribution in [0.2, 0.25) is 0 Å². The highest BCUT2D eigenvalue weighted by Crippen LogP contribution is 2.33. The summed E-state index contributed by atoms with van der Waals surface area (Å²) in [7, 11) is 0. The van der Waals surface area contributed by atoms with Gasteiger partial charge in [0.2, 0.25) is 0 Å². The summed E-state index contributed by atoms with van der Waals surface area (Å²) in [6.07, 6.45) is -2.47. The molecule has 30 heavy (non-hydrogen) atoms. The molecular weight excluding hydrogens is 402 g/mol. The van der Waals surface area contributed by atoms with Crippen LogP contribution in [0, 0.1) is 0 Å². The number of unbranched alkanes of at least 4 members (excludes halogenated alkanes) is 1. The van der Waals surface area contributed by atoms with E-state index in [1.165, 1.54) is 6.92 Å². The van der Waals surface area contributed by atoms with E-state index in [4.69, 9.17) is 18.9 Å². The molecule has 1 fully saturated rings. The Morgan fingerprint density at radius 1 is 1.07 bits per heavy atom. The molecule has 1 aliphatic rings. The number of ether oxygens (including phenoxy) is 4. The molecular formula is C18H25N3O9. The van der Waals surface area contributed by atoms with Gasteiger partial charge in [-0.3, -0.25) is 23.7 Å². The molecule has 2 rings (SSSR count). The van der Waals surface area contributed by atoms with Gasteiger partial charge in [-0.15, -0.1) is 0 Å². The Morgan fingerprint density at radius 2 is 1.70 bits per heavy atom. The van der Waals surface area contributed by atoms with E-state index in [0.29, 0.717) is 6.42 Å². The van der Waals surface area contributed by atoms with Crippen molar-refractivity contribution in [2.24, 2.45) is 0 Å². The maximum absolute atomic E-state index is 12.9. The summed E-state index contributed by atoms with van der Waals surface area (Å²) in [5, 5.41) is 3.84. The lowest BCUT2D eigenvalue weighted by Crippen LogP contribution is -2.46. The molecule has 1 saturated heterocycles. The second-order valence-corrected chi connectivity index (χ2v) is 6.73. The van der Waals surface area contributed by atoms with Crippen molar-refractivity contribution >= 4 is 17.9 Å². The van der Waals surface area contributed by atoms with Gasteiger partial charge in [-0.25, -0.2) is 4.79 Å². The van der Waals surface area contributed by atoms with Crippen molar-refractivity contribution < 1.29 is 33.3 Å². The lowest BCUT2D eigenvalue weighted by atomic mass is 10.1. The largest absolute Gasteiger partial charge is 0.463 e. The molecule has 2 heterocycles. The first-order chi connectivity index (χ1) is 14.1. The molecule has 0 aromatic carbocycles. The molecule has 0 bridgehead atoms. The highest BCUT2D eigenvalue weighted by molar-refractivity contribution is 5.67. The third-order valence-electron chi connectivity index (χ3n) is 4.30. The fourth-order valence-corrected chi connectivity index (χ4v) is 3.03. The zero-order chi connectivity index (χ0) is 22.4. The second kappa shape index (κ2) is 10.1. The molecule has 0 spiro atoms. The van der Waals surface area contributed by atoms with Gasteiger partial charge in [-0.2, -0.15) is 9.78 Å². The minimum atomic E-state index is -1.31. The predicted molar refractivity (Wildman–Crippen MR) is 99.3 cm³/mol. The first kappa shape index (κ1) is 23.3. The average Bonchev–Trinajstić information content (AvgIpc) is 2.96. The fourth-order valence-electron chi connectivity index (χ4n) is 3.03. The SMILES string of the molecule is CCCCn1c(=O)cnn([C@H]2O[C@H](COC(C)=O)[C@@H](OC(C)=O)[C@H]2OC(C)=O)c1=O. The number of aromatic nitrogens is 3. The molecule has 12 heteroatoms. The van der Waals surface area contributed by atoms with Crippen molar-refractivity contribution in [3.05, 3.63) is 27.0 Å². The number of esters is 3. The van der Waals surface area contributed by atoms with Gasteiger partial charge in [0.05, 0.1) is 0 Å². The Hall–Kier alpha value is -3.02. The molecule has 0 aliphatic carbocycles. The highest BCUT2D eigenvalue weighted by atomic mass is 16.7. The van der Waals surface area contributed by atoms with Crippen molar-refractivity contribution in [3.8, 4) is 0 Å². The van der Waals surface area contributed by atoms with Crippen LogP contribution in [0.3, 0.4) is 0 Å². The van der Waals surface area contributed by atoms with Crippen LogP contribution < -0.4 is 11.2 Å². The summed E-state index contributed by atoms with van der Waals surface area (Å²) in [5.74, 6) is -2.01. The molecule has 12 nitrogen and oxygen atoms in total. The molecule has 1 aliphatic heterocycles. The van der Waals surface area contributed by atoms with Gasteiger partial charge >= 0.3 is 23.6 Å². The van der Waals surface area contributed by atoms with Gasteiger partial charge < -0.3 is 18.9 Å². The van der Waals surface area contributed by atoms with Crippen molar-refractivity contribution in [1.29, 1.82) is 0 Å². The quantitative estimate of drug-likeness (QED) is 0.394. The van der Waals surface area contributed by atoms with Crippen LogP contribution in [0.1, 0.15) is 46.8 Å². The van der Waals surface area contributed by atoms with Gasteiger partial charge in [0.1, 0.15) is 18.9 Å². The predicted octanol–water partition coefficient (Wildman–Crippen LogP) is -0.471. The average molecular weight is 427 g/mol. The summed E-state index contributed by atoms with van der Waals surface area (Å²) in [5.41, 5.74) is -1.35. The summed E-state index contributed by atoms with van der Waals surface area (Å²) in [6, 6.07) is 0. The maximum atomic E-state index is 12.9. The standard InChI is InChI=1S/C18H25N3O9/c1-5-6-7-20-14(25)8-19-21(18(20)26)17-16(29-12(4)24)15(28-11(3)23)13(30-17)9-27-10(2)22/h8,13,15-17H,5-7,9H2,1-4H3/t13-,15-,16-,17+/m1/s1. The molecule has 0 unspecified atom stereocenters. The monoisotopic (exact) mass is 427 g/mol. The molecule has 1 aromatic rings. The number of hydrogen-bond acceptors (Lipinski definition) is 10.